The van der Waals surface area contributed by atoms with Crippen LogP contribution in [0.2, 0.25) is 0 Å². The lowest BCUT2D eigenvalue weighted by molar-refractivity contribution is -0.127. The number of hydrogen-bond acceptors (Lipinski definition) is 5. The highest BCUT2D eigenvalue weighted by Crippen LogP contribution is 2.25. The first kappa shape index (κ1) is 22.2. The number of amides is 1. The highest BCUT2D eigenvalue weighted by molar-refractivity contribution is 7.10. The lowest BCUT2D eigenvalue weighted by atomic mass is 9.93. The molecule has 2 saturated heterocycles. The summed E-state index contributed by atoms with van der Waals surface area (Å²) in [4.78, 5) is 25.5. The molecule has 6 heteroatoms. The van der Waals surface area contributed by atoms with Gasteiger partial charge in [0, 0.05) is 42.5 Å². The van der Waals surface area contributed by atoms with Crippen molar-refractivity contribution in [3.05, 3.63) is 58.6 Å². The van der Waals surface area contributed by atoms with Crippen LogP contribution in [0.4, 0.5) is 0 Å². The summed E-state index contributed by atoms with van der Waals surface area (Å²) < 4.78 is 0. The zero-order valence-corrected chi connectivity index (χ0v) is 19.3. The van der Waals surface area contributed by atoms with Gasteiger partial charge >= 0.3 is 0 Å². The monoisotopic (exact) mass is 438 g/mol. The summed E-state index contributed by atoms with van der Waals surface area (Å²) >= 11 is 1.66. The van der Waals surface area contributed by atoms with Crippen molar-refractivity contribution in [3.63, 3.8) is 0 Å². The Morgan fingerprint density at radius 1 is 1.13 bits per heavy atom. The Morgan fingerprint density at radius 3 is 2.55 bits per heavy atom. The van der Waals surface area contributed by atoms with E-state index >= 15 is 0 Å². The van der Waals surface area contributed by atoms with Gasteiger partial charge in [-0.1, -0.05) is 6.07 Å². The minimum atomic E-state index is 0.1000. The molecule has 5 nitrogen and oxygen atoms in total. The molecular weight excluding hydrogens is 404 g/mol. The van der Waals surface area contributed by atoms with Crippen LogP contribution in [0.3, 0.4) is 0 Å². The van der Waals surface area contributed by atoms with Crippen molar-refractivity contribution in [3.8, 4) is 0 Å². The first-order chi connectivity index (χ1) is 15.2. The molecule has 166 valence electrons. The van der Waals surface area contributed by atoms with Gasteiger partial charge in [0.2, 0.25) is 5.91 Å². The molecule has 2 aromatic heterocycles. The number of pyridine rings is 1. The third-order valence-corrected chi connectivity index (χ3v) is 7.54. The Hall–Kier alpha value is -2.02. The van der Waals surface area contributed by atoms with Crippen LogP contribution in [0.1, 0.15) is 36.1 Å². The number of carbonyl (C=O) groups is 1. The molecule has 0 bridgehead atoms. The zero-order chi connectivity index (χ0) is 21.5. The highest BCUT2D eigenvalue weighted by atomic mass is 32.1. The first-order valence-corrected chi connectivity index (χ1v) is 12.4. The van der Waals surface area contributed by atoms with Crippen LogP contribution in [-0.4, -0.2) is 71.4 Å². The molecule has 0 aromatic carbocycles. The van der Waals surface area contributed by atoms with Gasteiger partial charge in [0.15, 0.2) is 0 Å². The molecule has 0 spiro atoms. The topological polar surface area (TPSA) is 39.7 Å². The molecule has 0 atom stereocenters. The van der Waals surface area contributed by atoms with Crippen molar-refractivity contribution >= 4 is 23.3 Å². The van der Waals surface area contributed by atoms with Crippen molar-refractivity contribution < 1.29 is 4.79 Å². The summed E-state index contributed by atoms with van der Waals surface area (Å²) in [7, 11) is 2.23. The van der Waals surface area contributed by atoms with Gasteiger partial charge in [0.05, 0.1) is 0 Å². The number of likely N-dealkylation sites (tertiary alicyclic amines) is 2. The number of carbonyl (C=O) groups excluding carboxylic acids is 1. The lowest BCUT2D eigenvalue weighted by Crippen LogP contribution is -2.48. The fourth-order valence-corrected chi connectivity index (χ4v) is 5.38. The van der Waals surface area contributed by atoms with Crippen molar-refractivity contribution in [1.29, 1.82) is 0 Å². The normalized spacial score (nSPS) is 19.8. The molecule has 2 aromatic rings. The summed E-state index contributed by atoms with van der Waals surface area (Å²) in [6.45, 7) is 6.25. The van der Waals surface area contributed by atoms with Crippen LogP contribution >= 0.6 is 11.3 Å². The SMILES string of the molecule is CN1CCC(N2CCC(CN(Cc3ccncc3)C(=O)C=Cc3cccs3)CC2)CC1. The van der Waals surface area contributed by atoms with Crippen molar-refractivity contribution in [2.75, 3.05) is 39.8 Å². The summed E-state index contributed by atoms with van der Waals surface area (Å²) in [5.74, 6) is 0.673. The summed E-state index contributed by atoms with van der Waals surface area (Å²) in [5, 5.41) is 2.04. The van der Waals surface area contributed by atoms with Gasteiger partial charge in [-0.25, -0.2) is 0 Å². The van der Waals surface area contributed by atoms with Crippen LogP contribution in [0.5, 0.6) is 0 Å². The fourth-order valence-electron chi connectivity index (χ4n) is 4.76. The van der Waals surface area contributed by atoms with Crippen LogP contribution in [0.25, 0.3) is 6.08 Å². The number of thiophene rings is 1. The predicted molar refractivity (Wildman–Crippen MR) is 128 cm³/mol. The minimum Gasteiger partial charge on any atom is -0.335 e. The quantitative estimate of drug-likeness (QED) is 0.613. The van der Waals surface area contributed by atoms with Crippen LogP contribution < -0.4 is 0 Å². The summed E-state index contributed by atoms with van der Waals surface area (Å²) in [6, 6.07) is 8.82. The zero-order valence-electron chi connectivity index (χ0n) is 18.5. The second-order valence-corrected chi connectivity index (χ2v) is 9.92. The van der Waals surface area contributed by atoms with Gasteiger partial charge in [-0.2, -0.15) is 0 Å². The first-order valence-electron chi connectivity index (χ1n) is 11.5. The molecule has 1 amide bonds. The summed E-state index contributed by atoms with van der Waals surface area (Å²) in [6.07, 6.45) is 12.2. The average Bonchev–Trinajstić information content (AvgIpc) is 3.33. The van der Waals surface area contributed by atoms with Crippen molar-refractivity contribution in [2.45, 2.75) is 38.3 Å². The second-order valence-electron chi connectivity index (χ2n) is 8.94. The smallest absolute Gasteiger partial charge is 0.246 e. The number of piperidine rings is 2. The maximum absolute atomic E-state index is 13.1. The fraction of sp³-hybridized carbons (Fsp3) is 0.520. The van der Waals surface area contributed by atoms with Crippen LogP contribution in [0.15, 0.2) is 48.1 Å². The Bertz CT molecular complexity index is 822. The third kappa shape index (κ3) is 6.48. The van der Waals surface area contributed by atoms with Gasteiger partial charge in [0.1, 0.15) is 0 Å². The molecule has 2 aliphatic heterocycles. The average molecular weight is 439 g/mol. The molecule has 2 fully saturated rings. The second kappa shape index (κ2) is 11.0. The van der Waals surface area contributed by atoms with E-state index in [1.807, 2.05) is 40.6 Å². The number of nitrogens with zero attached hydrogens (tertiary/aromatic N) is 4. The molecule has 0 saturated carbocycles. The van der Waals surface area contributed by atoms with Gasteiger partial charge in [0.25, 0.3) is 0 Å². The Balaban J connectivity index is 1.35. The maximum atomic E-state index is 13.1. The molecule has 2 aliphatic rings. The van der Waals surface area contributed by atoms with E-state index in [0.717, 1.165) is 23.0 Å². The Labute approximate surface area is 190 Å². The molecule has 0 aliphatic carbocycles. The molecule has 0 N–H and O–H groups in total. The Kier molecular flexibility index (Phi) is 7.89. The number of hydrogen-bond donors (Lipinski definition) is 0. The molecule has 4 rings (SSSR count). The molecule has 31 heavy (non-hydrogen) atoms. The van der Waals surface area contributed by atoms with Gasteiger partial charge in [-0.05, 0) is 100 Å². The lowest BCUT2D eigenvalue weighted by Gasteiger charge is -2.41. The standard InChI is InChI=1S/C25H34N4OS/c1-27-14-10-23(11-15-27)28-16-8-22(9-17-28)20-29(19-21-6-12-26-13-7-21)25(30)5-4-24-3-2-18-31-24/h2-7,12-13,18,22-23H,8-11,14-17,19-20H2,1H3. The van der Waals surface area contributed by atoms with Gasteiger partial charge in [-0.3, -0.25) is 9.78 Å². The third-order valence-electron chi connectivity index (χ3n) is 6.70. The van der Waals surface area contributed by atoms with Crippen molar-refractivity contribution in [2.24, 2.45) is 5.92 Å². The van der Waals surface area contributed by atoms with E-state index in [9.17, 15) is 4.79 Å². The molecule has 4 heterocycles. The minimum absolute atomic E-state index is 0.1000. The largest absolute Gasteiger partial charge is 0.335 e. The van der Waals surface area contributed by atoms with Crippen molar-refractivity contribution in [1.82, 2.24) is 19.7 Å². The van der Waals surface area contributed by atoms with Gasteiger partial charge < -0.3 is 14.7 Å². The number of aromatic nitrogens is 1. The van der Waals surface area contributed by atoms with E-state index in [2.05, 4.69) is 21.8 Å². The van der Waals surface area contributed by atoms with E-state index in [1.165, 1.54) is 51.9 Å². The van der Waals surface area contributed by atoms with E-state index in [-0.39, 0.29) is 5.91 Å². The van der Waals surface area contributed by atoms with E-state index in [1.54, 1.807) is 29.8 Å². The van der Waals surface area contributed by atoms with Gasteiger partial charge in [-0.15, -0.1) is 11.3 Å². The van der Waals surface area contributed by atoms with E-state index in [0.29, 0.717) is 12.5 Å². The van der Waals surface area contributed by atoms with Crippen LogP contribution in [-0.2, 0) is 11.3 Å². The highest BCUT2D eigenvalue weighted by Gasteiger charge is 2.28. The maximum Gasteiger partial charge on any atom is 0.246 e. The number of rotatable bonds is 7. The van der Waals surface area contributed by atoms with E-state index < -0.39 is 0 Å². The predicted octanol–water partition coefficient (Wildman–Crippen LogP) is 3.99. The molecular formula is C25H34N4OS. The molecule has 0 unspecified atom stereocenters. The molecule has 0 radical (unpaired) electrons. The van der Waals surface area contributed by atoms with Crippen LogP contribution in [0, 0.1) is 5.92 Å². The Morgan fingerprint density at radius 2 is 1.87 bits per heavy atom. The summed E-state index contributed by atoms with van der Waals surface area (Å²) in [5.41, 5.74) is 1.14. The van der Waals surface area contributed by atoms with E-state index in [4.69, 9.17) is 0 Å².